The SMILES string of the molecule is CN/C=C(\C=N)C1=CC2=C(CC1C(F)F)N(C(=N)C1CN(C(C)=O)CCC1NC1CCNC1)CCC2. The molecule has 5 N–H and O–H groups in total. The molecule has 0 radical (unpaired) electrons. The number of carbonyl (C=O) groups is 1. The van der Waals surface area contributed by atoms with Crippen molar-refractivity contribution in [3.8, 4) is 0 Å². The van der Waals surface area contributed by atoms with Crippen LogP contribution in [0.5, 0.6) is 0 Å². The van der Waals surface area contributed by atoms with Gasteiger partial charge in [0.05, 0.1) is 5.92 Å². The Morgan fingerprint density at radius 1 is 1.31 bits per heavy atom. The molecule has 4 rings (SSSR count). The summed E-state index contributed by atoms with van der Waals surface area (Å²) >= 11 is 0. The summed E-state index contributed by atoms with van der Waals surface area (Å²) in [6.45, 7) is 5.18. The van der Waals surface area contributed by atoms with E-state index in [0.29, 0.717) is 42.7 Å². The minimum atomic E-state index is -2.57. The Morgan fingerprint density at radius 3 is 2.75 bits per heavy atom. The maximum atomic E-state index is 14.3. The molecule has 0 aromatic carbocycles. The largest absolute Gasteiger partial charge is 0.393 e. The van der Waals surface area contributed by atoms with Gasteiger partial charge < -0.3 is 31.2 Å². The average Bonchev–Trinajstić information content (AvgIpc) is 3.39. The van der Waals surface area contributed by atoms with Crippen LogP contribution in [0.2, 0.25) is 0 Å². The second-order valence-corrected chi connectivity index (χ2v) is 10.2. The van der Waals surface area contributed by atoms with E-state index in [4.69, 9.17) is 5.41 Å². The number of hydrogen-bond donors (Lipinski definition) is 5. The van der Waals surface area contributed by atoms with Gasteiger partial charge in [-0.25, -0.2) is 8.78 Å². The Balaban J connectivity index is 1.64. The summed E-state index contributed by atoms with van der Waals surface area (Å²) in [5.41, 5.74) is 2.72. The summed E-state index contributed by atoms with van der Waals surface area (Å²) in [7, 11) is 1.69. The number of rotatable bonds is 7. The monoisotopic (exact) mass is 503 g/mol. The number of amides is 1. The molecular weight excluding hydrogens is 464 g/mol. The van der Waals surface area contributed by atoms with E-state index in [1.807, 2.05) is 15.9 Å². The number of alkyl halides is 2. The summed E-state index contributed by atoms with van der Waals surface area (Å²) < 4.78 is 28.5. The lowest BCUT2D eigenvalue weighted by atomic mass is 9.79. The lowest BCUT2D eigenvalue weighted by Gasteiger charge is -2.45. The first-order chi connectivity index (χ1) is 17.3. The number of carbonyl (C=O) groups excluding carboxylic acids is 1. The zero-order valence-electron chi connectivity index (χ0n) is 21.2. The van der Waals surface area contributed by atoms with Crippen molar-refractivity contribution in [2.75, 3.05) is 39.8 Å². The summed E-state index contributed by atoms with van der Waals surface area (Å²) in [6.07, 6.45) is 5.51. The zero-order valence-corrected chi connectivity index (χ0v) is 21.2. The summed E-state index contributed by atoms with van der Waals surface area (Å²) in [6, 6.07) is 0.403. The normalized spacial score (nSPS) is 29.2. The van der Waals surface area contributed by atoms with E-state index in [2.05, 4.69) is 16.0 Å². The molecule has 0 saturated carbocycles. The molecule has 2 fully saturated rings. The molecule has 4 unspecified atom stereocenters. The highest BCUT2D eigenvalue weighted by Crippen LogP contribution is 2.41. The highest BCUT2D eigenvalue weighted by Gasteiger charge is 2.40. The number of halogens is 2. The quantitative estimate of drug-likeness (QED) is 0.271. The van der Waals surface area contributed by atoms with Gasteiger partial charge in [0.2, 0.25) is 12.3 Å². The summed E-state index contributed by atoms with van der Waals surface area (Å²) in [5.74, 6) is -0.811. The topological polar surface area (TPSA) is 107 Å². The van der Waals surface area contributed by atoms with Crippen LogP contribution in [0.25, 0.3) is 0 Å². The maximum Gasteiger partial charge on any atom is 0.245 e. The van der Waals surface area contributed by atoms with E-state index in [-0.39, 0.29) is 24.3 Å². The Kier molecular flexibility index (Phi) is 8.56. The van der Waals surface area contributed by atoms with Crippen LogP contribution in [-0.2, 0) is 4.79 Å². The van der Waals surface area contributed by atoms with Crippen LogP contribution in [-0.4, -0.2) is 86.0 Å². The van der Waals surface area contributed by atoms with Crippen LogP contribution in [0, 0.1) is 22.7 Å². The minimum absolute atomic E-state index is 0.00540. The van der Waals surface area contributed by atoms with Gasteiger partial charge in [-0.2, -0.15) is 0 Å². The summed E-state index contributed by atoms with van der Waals surface area (Å²) in [4.78, 5) is 16.0. The van der Waals surface area contributed by atoms with Gasteiger partial charge in [-0.3, -0.25) is 10.2 Å². The molecule has 198 valence electrons. The molecule has 3 heterocycles. The first-order valence-corrected chi connectivity index (χ1v) is 13.0. The van der Waals surface area contributed by atoms with Crippen molar-refractivity contribution in [3.63, 3.8) is 0 Å². The van der Waals surface area contributed by atoms with E-state index in [0.717, 1.165) is 56.3 Å². The van der Waals surface area contributed by atoms with Crippen LogP contribution < -0.4 is 16.0 Å². The second kappa shape index (κ2) is 11.6. The van der Waals surface area contributed by atoms with E-state index >= 15 is 0 Å². The van der Waals surface area contributed by atoms with Gasteiger partial charge in [0.15, 0.2) is 0 Å². The van der Waals surface area contributed by atoms with Crippen molar-refractivity contribution < 1.29 is 13.6 Å². The Bertz CT molecular complexity index is 954. The average molecular weight is 504 g/mol. The van der Waals surface area contributed by atoms with Gasteiger partial charge in [0.25, 0.3) is 0 Å². The molecule has 1 aliphatic carbocycles. The fraction of sp³-hybridized carbons (Fsp3) is 0.654. The third-order valence-corrected chi connectivity index (χ3v) is 7.97. The molecule has 10 heteroatoms. The number of amidine groups is 1. The number of likely N-dealkylation sites (tertiary alicyclic amines) is 1. The Morgan fingerprint density at radius 2 is 2.11 bits per heavy atom. The molecule has 4 atom stereocenters. The number of nitrogens with zero attached hydrogens (tertiary/aromatic N) is 2. The lowest BCUT2D eigenvalue weighted by molar-refractivity contribution is -0.130. The smallest absolute Gasteiger partial charge is 0.245 e. The van der Waals surface area contributed by atoms with Crippen LogP contribution in [0.15, 0.2) is 34.7 Å². The predicted molar refractivity (Wildman–Crippen MR) is 137 cm³/mol. The van der Waals surface area contributed by atoms with Crippen LogP contribution in [0.1, 0.15) is 39.0 Å². The Hall–Kier alpha value is -2.59. The molecule has 0 aromatic rings. The van der Waals surface area contributed by atoms with Crippen LogP contribution in [0.3, 0.4) is 0 Å². The second-order valence-electron chi connectivity index (χ2n) is 10.2. The van der Waals surface area contributed by atoms with E-state index in [1.54, 1.807) is 20.2 Å². The maximum absolute atomic E-state index is 14.3. The minimum Gasteiger partial charge on any atom is -0.393 e. The molecule has 1 amide bonds. The highest BCUT2D eigenvalue weighted by atomic mass is 19.3. The van der Waals surface area contributed by atoms with Gasteiger partial charge in [-0.05, 0) is 43.4 Å². The van der Waals surface area contributed by atoms with Crippen LogP contribution in [0.4, 0.5) is 8.78 Å². The van der Waals surface area contributed by atoms with Gasteiger partial charge in [-0.1, -0.05) is 6.08 Å². The number of allylic oxidation sites excluding steroid dienone is 5. The zero-order chi connectivity index (χ0) is 25.8. The first-order valence-electron chi connectivity index (χ1n) is 13.0. The molecule has 4 aliphatic rings. The van der Waals surface area contributed by atoms with E-state index in [9.17, 15) is 19.0 Å². The van der Waals surface area contributed by atoms with Crippen LogP contribution >= 0.6 is 0 Å². The fourth-order valence-corrected chi connectivity index (χ4v) is 6.06. The molecule has 0 aromatic heterocycles. The van der Waals surface area contributed by atoms with Crippen molar-refractivity contribution in [2.24, 2.45) is 11.8 Å². The number of hydrogen-bond acceptors (Lipinski definition) is 6. The summed E-state index contributed by atoms with van der Waals surface area (Å²) in [5, 5.41) is 27.0. The molecule has 0 spiro atoms. The Labute approximate surface area is 212 Å². The highest BCUT2D eigenvalue weighted by molar-refractivity contribution is 5.87. The van der Waals surface area contributed by atoms with Crippen molar-refractivity contribution in [3.05, 3.63) is 34.7 Å². The van der Waals surface area contributed by atoms with Crippen molar-refractivity contribution in [1.29, 1.82) is 10.8 Å². The van der Waals surface area contributed by atoms with Gasteiger partial charge in [-0.15, -0.1) is 0 Å². The molecule has 36 heavy (non-hydrogen) atoms. The molecule has 0 bridgehead atoms. The van der Waals surface area contributed by atoms with Crippen molar-refractivity contribution >= 4 is 18.0 Å². The molecule has 2 saturated heterocycles. The standard InChI is InChI=1S/C26H39F2N7O/c1-16(36)34-9-6-23(33-19-5-7-32-14-19)22(15-34)26(30)35-8-3-4-17-10-20(18(12-29)13-31-2)21(25(27)28)11-24(17)35/h10,12-13,19,21-23,25,29-33H,3-9,11,14-15H2,1-2H3/b18-13+,29-12?,30-26?. The predicted octanol–water partition coefficient (Wildman–Crippen LogP) is 2.47. The third kappa shape index (κ3) is 5.54. The van der Waals surface area contributed by atoms with E-state index < -0.39 is 12.3 Å². The van der Waals surface area contributed by atoms with Gasteiger partial charge in [0.1, 0.15) is 5.84 Å². The number of piperidine rings is 1. The van der Waals surface area contributed by atoms with Crippen molar-refractivity contribution in [1.82, 2.24) is 25.8 Å². The number of nitrogens with one attached hydrogen (secondary N) is 5. The lowest BCUT2D eigenvalue weighted by Crippen LogP contribution is -2.58. The van der Waals surface area contributed by atoms with Gasteiger partial charge >= 0.3 is 0 Å². The molecular formula is C26H39F2N7O. The first kappa shape index (κ1) is 26.5. The molecule has 8 nitrogen and oxygen atoms in total. The molecule has 3 aliphatic heterocycles. The van der Waals surface area contributed by atoms with Gasteiger partial charge in [0, 0.05) is 88.3 Å². The van der Waals surface area contributed by atoms with Crippen molar-refractivity contribution in [2.45, 2.75) is 57.5 Å². The van der Waals surface area contributed by atoms with E-state index in [1.165, 1.54) is 0 Å². The third-order valence-electron chi connectivity index (χ3n) is 7.97. The fourth-order valence-electron chi connectivity index (χ4n) is 6.06.